The molecule has 0 saturated heterocycles. The molecule has 0 spiro atoms. The predicted molar refractivity (Wildman–Crippen MR) is 71.2 cm³/mol. The Hall–Kier alpha value is -2.65. The van der Waals surface area contributed by atoms with Crippen LogP contribution in [0, 0.1) is 0 Å². The molecule has 0 aliphatic heterocycles. The third kappa shape index (κ3) is 3.93. The van der Waals surface area contributed by atoms with Gasteiger partial charge in [0.25, 0.3) is 0 Å². The highest BCUT2D eigenvalue weighted by atomic mass is 19.4. The van der Waals surface area contributed by atoms with Crippen LogP contribution >= 0.6 is 0 Å². The molecular weight excluding hydrogens is 301 g/mol. The van der Waals surface area contributed by atoms with Gasteiger partial charge in [-0.05, 0) is 6.07 Å². The number of rotatable bonds is 4. The molecule has 0 radical (unpaired) electrons. The minimum absolute atomic E-state index is 0.0259. The number of anilines is 2. The van der Waals surface area contributed by atoms with Gasteiger partial charge in [0.15, 0.2) is 0 Å². The highest BCUT2D eigenvalue weighted by molar-refractivity contribution is 5.75. The number of likely N-dealkylation sites (N-methyl/N-ethyl adjacent to an activating group) is 1. The van der Waals surface area contributed by atoms with Crippen LogP contribution in [0.2, 0.25) is 0 Å². The van der Waals surface area contributed by atoms with E-state index in [9.17, 15) is 18.0 Å². The van der Waals surface area contributed by atoms with E-state index in [1.807, 2.05) is 0 Å². The lowest BCUT2D eigenvalue weighted by Gasteiger charge is -2.09. The number of halogens is 3. The second-order valence-corrected chi connectivity index (χ2v) is 4.60. The Kier molecular flexibility index (Phi) is 4.29. The number of nitrogens with one attached hydrogen (secondary N) is 1. The Bertz CT molecular complexity index is 667. The maximum absolute atomic E-state index is 12.6. The zero-order chi connectivity index (χ0) is 16.3. The summed E-state index contributed by atoms with van der Waals surface area (Å²) in [7, 11) is 3.23. The average Bonchev–Trinajstić information content (AvgIpc) is 2.85. The van der Waals surface area contributed by atoms with E-state index in [2.05, 4.69) is 20.4 Å². The van der Waals surface area contributed by atoms with Crippen LogP contribution < -0.4 is 5.32 Å². The molecule has 22 heavy (non-hydrogen) atoms. The predicted octanol–water partition coefficient (Wildman–Crippen LogP) is 1.52. The Labute approximate surface area is 123 Å². The lowest BCUT2D eigenvalue weighted by atomic mass is 10.4. The Balaban J connectivity index is 2.09. The topological polar surface area (TPSA) is 75.9 Å². The fraction of sp³-hybridized carbons (Fsp3) is 0.333. The first-order valence-electron chi connectivity index (χ1n) is 6.15. The zero-order valence-corrected chi connectivity index (χ0v) is 11.8. The lowest BCUT2D eigenvalue weighted by Crippen LogP contribution is -2.26. The van der Waals surface area contributed by atoms with Crippen molar-refractivity contribution in [3.8, 4) is 0 Å². The van der Waals surface area contributed by atoms with E-state index in [1.165, 1.54) is 22.0 Å². The highest BCUT2D eigenvalue weighted by Gasteiger charge is 2.32. The molecule has 1 N–H and O–H groups in total. The van der Waals surface area contributed by atoms with Crippen LogP contribution in [0.25, 0.3) is 0 Å². The normalized spacial score (nSPS) is 11.3. The third-order valence-electron chi connectivity index (χ3n) is 2.63. The highest BCUT2D eigenvalue weighted by Crippen LogP contribution is 2.27. The van der Waals surface area contributed by atoms with Gasteiger partial charge in [-0.25, -0.2) is 9.97 Å². The Morgan fingerprint density at radius 2 is 2.14 bits per heavy atom. The zero-order valence-electron chi connectivity index (χ0n) is 11.8. The molecule has 0 aliphatic rings. The summed E-state index contributed by atoms with van der Waals surface area (Å²) in [6.07, 6.45) is -0.683. The summed E-state index contributed by atoms with van der Waals surface area (Å²) in [5.41, 5.74) is -0.661. The molecule has 0 unspecified atom stereocenters. The molecule has 118 valence electrons. The number of carbonyl (C=O) groups is 1. The maximum Gasteiger partial charge on any atom is 0.433 e. The van der Waals surface area contributed by atoms with Gasteiger partial charge < -0.3 is 10.2 Å². The second-order valence-electron chi connectivity index (χ2n) is 4.60. The minimum Gasteiger partial charge on any atom is -0.347 e. The first-order chi connectivity index (χ1) is 10.3. The van der Waals surface area contributed by atoms with E-state index < -0.39 is 11.9 Å². The number of carbonyl (C=O) groups excluding carboxylic acids is 1. The van der Waals surface area contributed by atoms with Crippen molar-refractivity contribution in [2.75, 3.05) is 19.4 Å². The fourth-order valence-corrected chi connectivity index (χ4v) is 1.50. The van der Waals surface area contributed by atoms with Crippen LogP contribution in [0.3, 0.4) is 0 Å². The molecule has 1 amide bonds. The monoisotopic (exact) mass is 314 g/mol. The Morgan fingerprint density at radius 1 is 1.41 bits per heavy atom. The van der Waals surface area contributed by atoms with Gasteiger partial charge in [0.05, 0.1) is 11.9 Å². The van der Waals surface area contributed by atoms with E-state index in [4.69, 9.17) is 0 Å². The van der Waals surface area contributed by atoms with E-state index in [0.717, 1.165) is 12.3 Å². The SMILES string of the molecule is CN(C)C(=O)Cn1cc(Nc2nccc(C(F)(F)F)n2)cn1. The van der Waals surface area contributed by atoms with Crippen LogP contribution in [0.4, 0.5) is 24.8 Å². The maximum atomic E-state index is 12.6. The number of aromatic nitrogens is 4. The largest absolute Gasteiger partial charge is 0.433 e. The van der Waals surface area contributed by atoms with Crippen molar-refractivity contribution in [1.82, 2.24) is 24.6 Å². The molecule has 10 heteroatoms. The van der Waals surface area contributed by atoms with Crippen molar-refractivity contribution < 1.29 is 18.0 Å². The van der Waals surface area contributed by atoms with E-state index in [0.29, 0.717) is 5.69 Å². The van der Waals surface area contributed by atoms with Gasteiger partial charge in [-0.15, -0.1) is 0 Å². The molecule has 7 nitrogen and oxygen atoms in total. The quantitative estimate of drug-likeness (QED) is 0.926. The molecule has 0 atom stereocenters. The number of hydrogen-bond acceptors (Lipinski definition) is 5. The summed E-state index contributed by atoms with van der Waals surface area (Å²) in [4.78, 5) is 20.0. The Morgan fingerprint density at radius 3 is 2.77 bits per heavy atom. The fourth-order valence-electron chi connectivity index (χ4n) is 1.50. The molecule has 0 saturated carbocycles. The van der Waals surface area contributed by atoms with Crippen LogP contribution in [-0.4, -0.2) is 44.7 Å². The van der Waals surface area contributed by atoms with Crippen molar-refractivity contribution in [2.24, 2.45) is 0 Å². The molecule has 0 fully saturated rings. The van der Waals surface area contributed by atoms with Gasteiger partial charge >= 0.3 is 6.18 Å². The van der Waals surface area contributed by atoms with E-state index in [-0.39, 0.29) is 18.4 Å². The van der Waals surface area contributed by atoms with Crippen molar-refractivity contribution in [1.29, 1.82) is 0 Å². The molecule has 0 aliphatic carbocycles. The van der Waals surface area contributed by atoms with Gasteiger partial charge in [0.2, 0.25) is 11.9 Å². The summed E-state index contributed by atoms with van der Waals surface area (Å²) in [5, 5.41) is 6.54. The minimum atomic E-state index is -4.54. The number of alkyl halides is 3. The molecule has 2 aromatic rings. The summed E-state index contributed by atoms with van der Waals surface area (Å²) < 4.78 is 39.0. The molecule has 2 aromatic heterocycles. The summed E-state index contributed by atoms with van der Waals surface area (Å²) in [6.45, 7) is 0.0259. The van der Waals surface area contributed by atoms with Crippen molar-refractivity contribution in [3.63, 3.8) is 0 Å². The second kappa shape index (κ2) is 6.00. The lowest BCUT2D eigenvalue weighted by molar-refractivity contribution is -0.141. The van der Waals surface area contributed by atoms with Crippen molar-refractivity contribution in [3.05, 3.63) is 30.4 Å². The molecule has 0 aromatic carbocycles. The van der Waals surface area contributed by atoms with Gasteiger partial charge in [-0.3, -0.25) is 9.48 Å². The standard InChI is InChI=1S/C12H13F3N6O/c1-20(2)10(22)7-21-6-8(5-17-21)18-11-16-4-3-9(19-11)12(13,14)15/h3-6H,7H2,1-2H3,(H,16,18,19). The summed E-state index contributed by atoms with van der Waals surface area (Å²) in [5.74, 6) is -0.363. The summed E-state index contributed by atoms with van der Waals surface area (Å²) >= 11 is 0. The number of hydrogen-bond donors (Lipinski definition) is 1. The van der Waals surface area contributed by atoms with Gasteiger partial charge in [-0.2, -0.15) is 18.3 Å². The van der Waals surface area contributed by atoms with Gasteiger partial charge in [-0.1, -0.05) is 0 Å². The molecule has 2 heterocycles. The van der Waals surface area contributed by atoms with Crippen molar-refractivity contribution in [2.45, 2.75) is 12.7 Å². The summed E-state index contributed by atoms with van der Waals surface area (Å²) in [6, 6.07) is 0.782. The molecule has 0 bridgehead atoms. The van der Waals surface area contributed by atoms with Crippen LogP contribution in [-0.2, 0) is 17.5 Å². The average molecular weight is 314 g/mol. The van der Waals surface area contributed by atoms with Gasteiger partial charge in [0, 0.05) is 26.5 Å². The third-order valence-corrected chi connectivity index (χ3v) is 2.63. The molecular formula is C12H13F3N6O. The van der Waals surface area contributed by atoms with Gasteiger partial charge in [0.1, 0.15) is 12.2 Å². The first-order valence-corrected chi connectivity index (χ1v) is 6.15. The number of nitrogens with zero attached hydrogens (tertiary/aromatic N) is 5. The van der Waals surface area contributed by atoms with Crippen LogP contribution in [0.1, 0.15) is 5.69 Å². The van der Waals surface area contributed by atoms with E-state index >= 15 is 0 Å². The smallest absolute Gasteiger partial charge is 0.347 e. The number of amides is 1. The van der Waals surface area contributed by atoms with Crippen LogP contribution in [0.15, 0.2) is 24.7 Å². The van der Waals surface area contributed by atoms with Crippen LogP contribution in [0.5, 0.6) is 0 Å². The van der Waals surface area contributed by atoms with E-state index in [1.54, 1.807) is 14.1 Å². The van der Waals surface area contributed by atoms with Crippen molar-refractivity contribution >= 4 is 17.5 Å². The molecule has 2 rings (SSSR count). The first kappa shape index (κ1) is 15.7.